The lowest BCUT2D eigenvalue weighted by atomic mass is 10.3. The fourth-order valence-corrected chi connectivity index (χ4v) is 0.715. The van der Waals surface area contributed by atoms with Crippen LogP contribution in [0.15, 0.2) is 24.0 Å². The van der Waals surface area contributed by atoms with Gasteiger partial charge in [-0.25, -0.2) is 9.97 Å². The summed E-state index contributed by atoms with van der Waals surface area (Å²) in [5.41, 5.74) is 0.548. The number of aromatic nitrogens is 2. The maximum atomic E-state index is 12.0. The molecule has 0 fully saturated rings. The highest BCUT2D eigenvalue weighted by Gasteiger charge is 2.34. The van der Waals surface area contributed by atoms with Gasteiger partial charge in [0.25, 0.3) is 0 Å². The molecule has 0 spiro atoms. The Bertz CT molecular complexity index is 353. The van der Waals surface area contributed by atoms with Crippen LogP contribution < -0.4 is 0 Å². The van der Waals surface area contributed by atoms with Crippen molar-refractivity contribution in [1.82, 2.24) is 9.97 Å². The van der Waals surface area contributed by atoms with Crippen molar-refractivity contribution in [2.75, 3.05) is 0 Å². The van der Waals surface area contributed by atoms with Gasteiger partial charge in [0.1, 0.15) is 0 Å². The van der Waals surface area contributed by atoms with Gasteiger partial charge in [0, 0.05) is 18.0 Å². The molecule has 0 aromatic carbocycles. The molecule has 0 saturated carbocycles. The summed E-state index contributed by atoms with van der Waals surface area (Å²) in [6.45, 7) is 6.63. The first-order valence-electron chi connectivity index (χ1n) is 3.50. The fourth-order valence-electron chi connectivity index (χ4n) is 0.715. The fraction of sp³-hybridized carbons (Fsp3) is 0.125. The number of halogens is 3. The average molecular weight is 201 g/mol. The molecule has 0 N–H and O–H groups in total. The normalized spacial score (nSPS) is 11.1. The van der Waals surface area contributed by atoms with Gasteiger partial charge in [-0.05, 0) is 6.72 Å². The number of aliphatic imine (C=N–C) groups is 1. The molecule has 0 radical (unpaired) electrons. The third-order valence-corrected chi connectivity index (χ3v) is 1.43. The first-order chi connectivity index (χ1) is 6.45. The van der Waals surface area contributed by atoms with Gasteiger partial charge in [-0.3, -0.25) is 4.99 Å². The van der Waals surface area contributed by atoms with Gasteiger partial charge < -0.3 is 0 Å². The molecule has 3 nitrogen and oxygen atoms in total. The lowest BCUT2D eigenvalue weighted by molar-refractivity contribution is -0.145. The van der Waals surface area contributed by atoms with E-state index in [1.807, 2.05) is 0 Å². The highest BCUT2D eigenvalue weighted by atomic mass is 19.4. The van der Waals surface area contributed by atoms with E-state index in [2.05, 4.69) is 28.3 Å². The number of nitrogens with zero attached hydrogens (tertiary/aromatic N) is 3. The summed E-state index contributed by atoms with van der Waals surface area (Å²) in [6, 6.07) is 0. The molecule has 0 amide bonds. The zero-order chi connectivity index (χ0) is 10.8. The van der Waals surface area contributed by atoms with Crippen LogP contribution in [0.3, 0.4) is 0 Å². The van der Waals surface area contributed by atoms with Crippen molar-refractivity contribution >= 4 is 12.4 Å². The molecule has 14 heavy (non-hydrogen) atoms. The quantitative estimate of drug-likeness (QED) is 0.687. The van der Waals surface area contributed by atoms with Gasteiger partial charge in [-0.15, -0.1) is 0 Å². The lowest BCUT2D eigenvalue weighted by Gasteiger charge is -2.04. The smallest absolute Gasteiger partial charge is 0.265 e. The van der Waals surface area contributed by atoms with Crippen LogP contribution in [0, 0.1) is 0 Å². The number of rotatable bonds is 2. The summed E-state index contributed by atoms with van der Waals surface area (Å²) in [5.74, 6) is -1.18. The molecular weight excluding hydrogens is 195 g/mol. The summed E-state index contributed by atoms with van der Waals surface area (Å²) in [4.78, 5) is 9.71. The van der Waals surface area contributed by atoms with E-state index in [0.717, 1.165) is 12.4 Å². The summed E-state index contributed by atoms with van der Waals surface area (Å²) in [5, 5.41) is 0. The summed E-state index contributed by atoms with van der Waals surface area (Å²) < 4.78 is 36.1. The number of hydrogen-bond acceptors (Lipinski definition) is 3. The molecule has 1 heterocycles. The zero-order valence-electron chi connectivity index (χ0n) is 7.04. The lowest BCUT2D eigenvalue weighted by Crippen LogP contribution is -2.10. The SMILES string of the molecule is C=NC(=C)c1cnc(C(F)(F)F)nc1. The highest BCUT2D eigenvalue weighted by molar-refractivity contribution is 5.64. The molecular formula is C8H6F3N3. The van der Waals surface area contributed by atoms with E-state index < -0.39 is 12.0 Å². The largest absolute Gasteiger partial charge is 0.451 e. The monoisotopic (exact) mass is 201 g/mol. The molecule has 0 bridgehead atoms. The van der Waals surface area contributed by atoms with Crippen LogP contribution in [0.4, 0.5) is 13.2 Å². The van der Waals surface area contributed by atoms with Gasteiger partial charge >= 0.3 is 6.18 Å². The Morgan fingerprint density at radius 2 is 1.79 bits per heavy atom. The van der Waals surface area contributed by atoms with Crippen molar-refractivity contribution in [2.45, 2.75) is 6.18 Å². The maximum Gasteiger partial charge on any atom is 0.451 e. The Morgan fingerprint density at radius 1 is 1.29 bits per heavy atom. The van der Waals surface area contributed by atoms with Gasteiger partial charge in [0.15, 0.2) is 0 Å². The molecule has 0 aliphatic carbocycles. The first kappa shape index (κ1) is 10.4. The van der Waals surface area contributed by atoms with Crippen LogP contribution in [0.2, 0.25) is 0 Å². The van der Waals surface area contributed by atoms with Crippen molar-refractivity contribution < 1.29 is 13.2 Å². The van der Waals surface area contributed by atoms with E-state index >= 15 is 0 Å². The van der Waals surface area contributed by atoms with Gasteiger partial charge in [-0.1, -0.05) is 6.58 Å². The van der Waals surface area contributed by atoms with Gasteiger partial charge in [0.05, 0.1) is 5.70 Å². The minimum absolute atomic E-state index is 0.235. The Balaban J connectivity index is 3.00. The van der Waals surface area contributed by atoms with Gasteiger partial charge in [-0.2, -0.15) is 13.2 Å². The number of alkyl halides is 3. The third-order valence-electron chi connectivity index (χ3n) is 1.43. The van der Waals surface area contributed by atoms with E-state index in [1.54, 1.807) is 0 Å². The minimum Gasteiger partial charge on any atom is -0.265 e. The molecule has 0 aliphatic rings. The zero-order valence-corrected chi connectivity index (χ0v) is 7.04. The average Bonchev–Trinajstić information content (AvgIpc) is 2.15. The van der Waals surface area contributed by atoms with Crippen LogP contribution in [0.25, 0.3) is 5.70 Å². The highest BCUT2D eigenvalue weighted by Crippen LogP contribution is 2.25. The molecule has 6 heteroatoms. The Hall–Kier alpha value is -1.72. The van der Waals surface area contributed by atoms with E-state index in [1.165, 1.54) is 0 Å². The maximum absolute atomic E-state index is 12.0. The standard InChI is InChI=1S/C8H6F3N3/c1-5(12-2)6-3-13-7(14-4-6)8(9,10)11/h3-4H,1-2H2. The minimum atomic E-state index is -4.53. The predicted octanol–water partition coefficient (Wildman–Crippen LogP) is 2.17. The van der Waals surface area contributed by atoms with Crippen molar-refractivity contribution in [2.24, 2.45) is 4.99 Å². The summed E-state index contributed by atoms with van der Waals surface area (Å²) in [7, 11) is 0. The third kappa shape index (κ3) is 2.15. The second-order valence-electron chi connectivity index (χ2n) is 2.40. The van der Waals surface area contributed by atoms with Crippen LogP contribution in [-0.4, -0.2) is 16.7 Å². The summed E-state index contributed by atoms with van der Waals surface area (Å²) >= 11 is 0. The van der Waals surface area contributed by atoms with Crippen LogP contribution in [-0.2, 0) is 6.18 Å². The van der Waals surface area contributed by atoms with E-state index in [9.17, 15) is 13.2 Å². The van der Waals surface area contributed by atoms with Crippen molar-refractivity contribution in [3.8, 4) is 0 Å². The van der Waals surface area contributed by atoms with Crippen LogP contribution in [0.5, 0.6) is 0 Å². The molecule has 1 rings (SSSR count). The van der Waals surface area contributed by atoms with Crippen molar-refractivity contribution in [1.29, 1.82) is 0 Å². The van der Waals surface area contributed by atoms with Crippen molar-refractivity contribution in [3.63, 3.8) is 0 Å². The summed E-state index contributed by atoms with van der Waals surface area (Å²) in [6.07, 6.45) is -2.51. The molecule has 0 unspecified atom stereocenters. The second kappa shape index (κ2) is 3.57. The van der Waals surface area contributed by atoms with Crippen LogP contribution >= 0.6 is 0 Å². The molecule has 74 valence electrons. The Labute approximate surface area is 78.0 Å². The number of hydrogen-bond donors (Lipinski definition) is 0. The topological polar surface area (TPSA) is 38.1 Å². The molecule has 1 aromatic rings. The molecule has 0 atom stereocenters. The van der Waals surface area contributed by atoms with Crippen molar-refractivity contribution in [3.05, 3.63) is 30.4 Å². The van der Waals surface area contributed by atoms with E-state index in [-0.39, 0.29) is 5.70 Å². The first-order valence-corrected chi connectivity index (χ1v) is 3.50. The molecule has 0 saturated heterocycles. The van der Waals surface area contributed by atoms with Crippen LogP contribution in [0.1, 0.15) is 11.4 Å². The predicted molar refractivity (Wildman–Crippen MR) is 45.6 cm³/mol. The second-order valence-corrected chi connectivity index (χ2v) is 2.40. The Kier molecular flexibility index (Phi) is 2.64. The van der Waals surface area contributed by atoms with E-state index in [0.29, 0.717) is 5.56 Å². The van der Waals surface area contributed by atoms with E-state index in [4.69, 9.17) is 0 Å². The molecule has 0 aliphatic heterocycles. The van der Waals surface area contributed by atoms with Gasteiger partial charge in [0.2, 0.25) is 5.82 Å². The Morgan fingerprint density at radius 3 is 2.14 bits per heavy atom. The molecule has 1 aromatic heterocycles.